The second-order valence-electron chi connectivity index (χ2n) is 6.35. The summed E-state index contributed by atoms with van der Waals surface area (Å²) in [5.41, 5.74) is 6.85. The Kier molecular flexibility index (Phi) is 5.84. The van der Waals surface area contributed by atoms with Gasteiger partial charge in [0.15, 0.2) is 0 Å². The number of rotatable bonds is 4. The first kappa shape index (κ1) is 17.3. The Morgan fingerprint density at radius 2 is 1.86 bits per heavy atom. The van der Waals surface area contributed by atoms with E-state index in [9.17, 15) is 4.79 Å². The van der Waals surface area contributed by atoms with Crippen molar-refractivity contribution >= 4 is 18.3 Å². The zero-order chi connectivity index (χ0) is 14.7. The molecule has 1 saturated heterocycles. The van der Waals surface area contributed by atoms with Crippen LogP contribution in [0.1, 0.15) is 37.2 Å². The third-order valence-electron chi connectivity index (χ3n) is 5.07. The predicted molar refractivity (Wildman–Crippen MR) is 89.1 cm³/mol. The highest BCUT2D eigenvalue weighted by atomic mass is 35.5. The molecule has 1 saturated carbocycles. The molecule has 0 bridgehead atoms. The lowest BCUT2D eigenvalue weighted by Crippen LogP contribution is -2.54. The zero-order valence-corrected chi connectivity index (χ0v) is 13.6. The molecule has 22 heavy (non-hydrogen) atoms. The van der Waals surface area contributed by atoms with Gasteiger partial charge in [-0.3, -0.25) is 4.79 Å². The van der Waals surface area contributed by atoms with Gasteiger partial charge in [0.05, 0.1) is 5.41 Å². The van der Waals surface area contributed by atoms with Crippen LogP contribution in [0, 0.1) is 5.41 Å². The molecule has 1 amide bonds. The van der Waals surface area contributed by atoms with Gasteiger partial charge in [-0.05, 0) is 37.2 Å². The number of carbonyl (C=O) groups excluding carboxylic acids is 1. The van der Waals surface area contributed by atoms with Gasteiger partial charge < -0.3 is 15.8 Å². The maximum absolute atomic E-state index is 12.6. The molecule has 0 radical (unpaired) electrons. The van der Waals surface area contributed by atoms with Crippen LogP contribution in [0.15, 0.2) is 30.3 Å². The fourth-order valence-electron chi connectivity index (χ4n) is 3.36. The molecule has 122 valence electrons. The first-order valence-corrected chi connectivity index (χ1v) is 7.87. The predicted octanol–water partition coefficient (Wildman–Crippen LogP) is 2.23. The lowest BCUT2D eigenvalue weighted by molar-refractivity contribution is -0.137. The summed E-state index contributed by atoms with van der Waals surface area (Å²) in [6.07, 6.45) is 3.55. The van der Waals surface area contributed by atoms with Crippen molar-refractivity contribution in [3.05, 3.63) is 35.9 Å². The Balaban J connectivity index is 0.00000176. The maximum atomic E-state index is 12.6. The minimum Gasteiger partial charge on any atom is -0.381 e. The molecule has 0 spiro atoms. The molecular formula is C17H25ClN2O2. The van der Waals surface area contributed by atoms with Crippen molar-refractivity contribution in [2.45, 2.75) is 37.6 Å². The number of amides is 1. The van der Waals surface area contributed by atoms with Crippen LogP contribution in [-0.4, -0.2) is 31.7 Å². The highest BCUT2D eigenvalue weighted by Gasteiger charge is 2.41. The van der Waals surface area contributed by atoms with Crippen molar-refractivity contribution in [1.82, 2.24) is 5.32 Å². The molecule has 1 heterocycles. The number of nitrogens with one attached hydrogen (secondary N) is 1. The Bertz CT molecular complexity index is 483. The number of halogens is 1. The number of nitrogens with two attached hydrogens (primary N) is 1. The Morgan fingerprint density at radius 3 is 2.45 bits per heavy atom. The summed E-state index contributed by atoms with van der Waals surface area (Å²) in [6.45, 7) is 1.70. The molecule has 0 atom stereocenters. The van der Waals surface area contributed by atoms with Crippen LogP contribution in [0.5, 0.6) is 0 Å². The van der Waals surface area contributed by atoms with Gasteiger partial charge in [-0.15, -0.1) is 12.4 Å². The van der Waals surface area contributed by atoms with Crippen molar-refractivity contribution in [3.63, 3.8) is 0 Å². The van der Waals surface area contributed by atoms with Gasteiger partial charge >= 0.3 is 0 Å². The molecule has 3 rings (SSSR count). The Morgan fingerprint density at radius 1 is 1.23 bits per heavy atom. The first-order valence-electron chi connectivity index (χ1n) is 7.87. The normalized spacial score (nSPS) is 26.4. The average Bonchev–Trinajstić information content (AvgIpc) is 2.51. The molecule has 2 fully saturated rings. The third-order valence-corrected chi connectivity index (χ3v) is 5.07. The first-order chi connectivity index (χ1) is 10.2. The second kappa shape index (κ2) is 7.44. The van der Waals surface area contributed by atoms with Crippen molar-refractivity contribution in [2.24, 2.45) is 11.1 Å². The van der Waals surface area contributed by atoms with Crippen LogP contribution in [0.25, 0.3) is 0 Å². The average molecular weight is 325 g/mol. The van der Waals surface area contributed by atoms with Gasteiger partial charge in [0.2, 0.25) is 5.91 Å². The molecule has 0 aromatic heterocycles. The number of ether oxygens (including phenoxy) is 1. The molecule has 1 aliphatic heterocycles. The topological polar surface area (TPSA) is 64.4 Å². The monoisotopic (exact) mass is 324 g/mol. The molecule has 4 nitrogen and oxygen atoms in total. The van der Waals surface area contributed by atoms with Gasteiger partial charge in [0.1, 0.15) is 0 Å². The number of hydrogen-bond donors (Lipinski definition) is 2. The van der Waals surface area contributed by atoms with Gasteiger partial charge in [0.25, 0.3) is 0 Å². The maximum Gasteiger partial charge on any atom is 0.227 e. The van der Waals surface area contributed by atoms with Gasteiger partial charge in [-0.25, -0.2) is 0 Å². The van der Waals surface area contributed by atoms with E-state index in [1.807, 2.05) is 6.07 Å². The van der Waals surface area contributed by atoms with E-state index in [2.05, 4.69) is 29.6 Å². The van der Waals surface area contributed by atoms with Crippen molar-refractivity contribution in [2.75, 3.05) is 19.8 Å². The summed E-state index contributed by atoms with van der Waals surface area (Å²) < 4.78 is 5.36. The summed E-state index contributed by atoms with van der Waals surface area (Å²) in [7, 11) is 0. The van der Waals surface area contributed by atoms with Crippen LogP contribution in [0.4, 0.5) is 0 Å². The third kappa shape index (κ3) is 3.45. The largest absolute Gasteiger partial charge is 0.381 e. The molecule has 0 unspecified atom stereocenters. The summed E-state index contributed by atoms with van der Waals surface area (Å²) in [6, 6.07) is 10.8. The van der Waals surface area contributed by atoms with E-state index in [-0.39, 0.29) is 18.3 Å². The summed E-state index contributed by atoms with van der Waals surface area (Å²) >= 11 is 0. The van der Waals surface area contributed by atoms with E-state index in [0.717, 1.165) is 25.7 Å². The lowest BCUT2D eigenvalue weighted by Gasteiger charge is -2.40. The smallest absolute Gasteiger partial charge is 0.227 e. The molecule has 1 aromatic rings. The fraction of sp³-hybridized carbons (Fsp3) is 0.588. The quantitative estimate of drug-likeness (QED) is 0.892. The zero-order valence-electron chi connectivity index (χ0n) is 12.8. The van der Waals surface area contributed by atoms with E-state index >= 15 is 0 Å². The number of hydrogen-bond acceptors (Lipinski definition) is 3. The molecule has 3 N–H and O–H groups in total. The second-order valence-corrected chi connectivity index (χ2v) is 6.35. The summed E-state index contributed by atoms with van der Waals surface area (Å²) in [5, 5.41) is 3.20. The van der Waals surface area contributed by atoms with Crippen LogP contribution in [0.2, 0.25) is 0 Å². The molecule has 1 aliphatic carbocycles. The Labute approximate surface area is 138 Å². The van der Waals surface area contributed by atoms with E-state index in [4.69, 9.17) is 10.5 Å². The molecule has 1 aromatic carbocycles. The Hall–Kier alpha value is -1.10. The van der Waals surface area contributed by atoms with E-state index in [1.165, 1.54) is 5.56 Å². The standard InChI is InChI=1S/C17H24N2O2.ClH/c18-12-17(6-8-21-9-7-17)16(20)19-15-10-14(11-15)13-4-2-1-3-5-13;/h1-5,14-15H,6-12,18H2,(H,19,20);1H. The van der Waals surface area contributed by atoms with Crippen LogP contribution < -0.4 is 11.1 Å². The molecule has 5 heteroatoms. The van der Waals surface area contributed by atoms with Crippen LogP contribution >= 0.6 is 12.4 Å². The van der Waals surface area contributed by atoms with Crippen molar-refractivity contribution in [3.8, 4) is 0 Å². The SMILES string of the molecule is Cl.NCC1(C(=O)NC2CC(c3ccccc3)C2)CCOCC1. The summed E-state index contributed by atoms with van der Waals surface area (Å²) in [5.74, 6) is 0.713. The van der Waals surface area contributed by atoms with E-state index in [0.29, 0.717) is 31.7 Å². The fourth-order valence-corrected chi connectivity index (χ4v) is 3.36. The highest BCUT2D eigenvalue weighted by Crippen LogP contribution is 2.38. The number of carbonyl (C=O) groups is 1. The summed E-state index contributed by atoms with van der Waals surface area (Å²) in [4.78, 5) is 12.6. The van der Waals surface area contributed by atoms with E-state index < -0.39 is 5.41 Å². The lowest BCUT2D eigenvalue weighted by atomic mass is 9.74. The van der Waals surface area contributed by atoms with Crippen LogP contribution in [-0.2, 0) is 9.53 Å². The van der Waals surface area contributed by atoms with Crippen LogP contribution in [0.3, 0.4) is 0 Å². The number of benzene rings is 1. The van der Waals surface area contributed by atoms with Gasteiger partial charge in [-0.1, -0.05) is 30.3 Å². The minimum absolute atomic E-state index is 0. The van der Waals surface area contributed by atoms with E-state index in [1.54, 1.807) is 0 Å². The highest BCUT2D eigenvalue weighted by molar-refractivity contribution is 5.85. The molecular weight excluding hydrogens is 300 g/mol. The van der Waals surface area contributed by atoms with Crippen molar-refractivity contribution < 1.29 is 9.53 Å². The van der Waals surface area contributed by atoms with Gasteiger partial charge in [0, 0.05) is 25.8 Å². The van der Waals surface area contributed by atoms with Gasteiger partial charge in [-0.2, -0.15) is 0 Å². The molecule has 2 aliphatic rings. The minimum atomic E-state index is -0.407. The van der Waals surface area contributed by atoms with Crippen molar-refractivity contribution in [1.29, 1.82) is 0 Å².